The van der Waals surface area contributed by atoms with Crippen LogP contribution in [0.1, 0.15) is 12.0 Å². The highest BCUT2D eigenvalue weighted by atomic mass is 35.5. The maximum absolute atomic E-state index is 11.1. The number of esters is 1. The van der Waals surface area contributed by atoms with E-state index in [1.165, 1.54) is 0 Å². The van der Waals surface area contributed by atoms with E-state index in [0.717, 1.165) is 5.56 Å². The lowest BCUT2D eigenvalue weighted by Crippen LogP contribution is -2.09. The first-order valence-corrected chi connectivity index (χ1v) is 5.11. The highest BCUT2D eigenvalue weighted by Crippen LogP contribution is 2.11. The number of hydrogen-bond donors (Lipinski definition) is 1. The van der Waals surface area contributed by atoms with Gasteiger partial charge < -0.3 is 9.84 Å². The van der Waals surface area contributed by atoms with Crippen LogP contribution < -0.4 is 0 Å². The molecule has 0 saturated carbocycles. The van der Waals surface area contributed by atoms with Crippen molar-refractivity contribution in [1.29, 1.82) is 0 Å². The molecule has 0 aromatic heterocycles. The van der Waals surface area contributed by atoms with Crippen molar-refractivity contribution < 1.29 is 14.6 Å². The van der Waals surface area contributed by atoms with Gasteiger partial charge in [-0.1, -0.05) is 23.7 Å². The molecule has 0 aliphatic carbocycles. The summed E-state index contributed by atoms with van der Waals surface area (Å²) in [7, 11) is 0. The van der Waals surface area contributed by atoms with Crippen molar-refractivity contribution in [2.75, 3.05) is 13.2 Å². The third-order valence-electron chi connectivity index (χ3n) is 1.89. The first kappa shape index (κ1) is 12.0. The SMILES string of the molecule is O=C(CCc1ccc(Cl)cc1)OCCO. The second-order valence-electron chi connectivity index (χ2n) is 3.07. The molecule has 0 aliphatic rings. The molecule has 0 bridgehead atoms. The zero-order valence-electron chi connectivity index (χ0n) is 8.28. The van der Waals surface area contributed by atoms with Crippen LogP contribution in [-0.2, 0) is 16.0 Å². The normalized spacial score (nSPS) is 10.0. The summed E-state index contributed by atoms with van der Waals surface area (Å²) < 4.78 is 4.72. The van der Waals surface area contributed by atoms with Gasteiger partial charge in [-0.15, -0.1) is 0 Å². The maximum Gasteiger partial charge on any atom is 0.306 e. The third-order valence-corrected chi connectivity index (χ3v) is 2.14. The summed E-state index contributed by atoms with van der Waals surface area (Å²) in [5.74, 6) is -0.293. The standard InChI is InChI=1S/C11H13ClO3/c12-10-4-1-9(2-5-10)3-6-11(14)15-8-7-13/h1-2,4-5,13H,3,6-8H2. The van der Waals surface area contributed by atoms with Gasteiger partial charge in [0, 0.05) is 11.4 Å². The highest BCUT2D eigenvalue weighted by Gasteiger charge is 2.02. The van der Waals surface area contributed by atoms with Crippen LogP contribution in [-0.4, -0.2) is 24.3 Å². The first-order chi connectivity index (χ1) is 7.22. The van der Waals surface area contributed by atoms with Crippen LogP contribution in [0.2, 0.25) is 5.02 Å². The molecular formula is C11H13ClO3. The monoisotopic (exact) mass is 228 g/mol. The van der Waals surface area contributed by atoms with Crippen molar-refractivity contribution in [3.63, 3.8) is 0 Å². The number of benzene rings is 1. The minimum atomic E-state index is -0.293. The van der Waals surface area contributed by atoms with Gasteiger partial charge in [0.15, 0.2) is 0 Å². The van der Waals surface area contributed by atoms with E-state index in [4.69, 9.17) is 21.4 Å². The largest absolute Gasteiger partial charge is 0.463 e. The van der Waals surface area contributed by atoms with E-state index < -0.39 is 0 Å². The smallest absolute Gasteiger partial charge is 0.306 e. The number of aliphatic hydroxyl groups is 1. The van der Waals surface area contributed by atoms with Gasteiger partial charge in [0.2, 0.25) is 0 Å². The summed E-state index contributed by atoms with van der Waals surface area (Å²) in [4.78, 5) is 11.1. The van der Waals surface area contributed by atoms with Gasteiger partial charge in [-0.3, -0.25) is 4.79 Å². The molecule has 0 aliphatic heterocycles. The average Bonchev–Trinajstić information content (AvgIpc) is 2.25. The van der Waals surface area contributed by atoms with Gasteiger partial charge in [-0.2, -0.15) is 0 Å². The topological polar surface area (TPSA) is 46.5 Å². The number of carbonyl (C=O) groups is 1. The molecular weight excluding hydrogens is 216 g/mol. The fourth-order valence-corrected chi connectivity index (χ4v) is 1.26. The van der Waals surface area contributed by atoms with Crippen molar-refractivity contribution in [1.82, 2.24) is 0 Å². The van der Waals surface area contributed by atoms with E-state index in [1.807, 2.05) is 12.1 Å². The van der Waals surface area contributed by atoms with Gasteiger partial charge in [0.25, 0.3) is 0 Å². The highest BCUT2D eigenvalue weighted by molar-refractivity contribution is 6.30. The molecule has 0 spiro atoms. The second kappa shape index (κ2) is 6.43. The predicted molar refractivity (Wildman–Crippen MR) is 57.8 cm³/mol. The minimum absolute atomic E-state index is 0.0689. The maximum atomic E-state index is 11.1. The van der Waals surface area contributed by atoms with Gasteiger partial charge in [-0.05, 0) is 24.1 Å². The van der Waals surface area contributed by atoms with Gasteiger partial charge in [-0.25, -0.2) is 0 Å². The van der Waals surface area contributed by atoms with Crippen LogP contribution in [0, 0.1) is 0 Å². The predicted octanol–water partition coefficient (Wildman–Crippen LogP) is 1.81. The Kier molecular flexibility index (Phi) is 5.15. The Morgan fingerprint density at radius 3 is 2.60 bits per heavy atom. The van der Waals surface area contributed by atoms with Crippen LogP contribution in [0.15, 0.2) is 24.3 Å². The number of hydrogen-bond acceptors (Lipinski definition) is 3. The van der Waals surface area contributed by atoms with Crippen LogP contribution >= 0.6 is 11.6 Å². The Morgan fingerprint density at radius 1 is 1.33 bits per heavy atom. The Labute approximate surface area is 93.6 Å². The van der Waals surface area contributed by atoms with Crippen molar-refractivity contribution >= 4 is 17.6 Å². The molecule has 0 saturated heterocycles. The summed E-state index contributed by atoms with van der Waals surface area (Å²) in [6.07, 6.45) is 0.947. The van der Waals surface area contributed by atoms with E-state index in [2.05, 4.69) is 0 Å². The molecule has 82 valence electrons. The van der Waals surface area contributed by atoms with Crippen LogP contribution in [0.25, 0.3) is 0 Å². The fraction of sp³-hybridized carbons (Fsp3) is 0.364. The van der Waals surface area contributed by atoms with Crippen LogP contribution in [0.4, 0.5) is 0 Å². The Morgan fingerprint density at radius 2 is 2.00 bits per heavy atom. The lowest BCUT2D eigenvalue weighted by molar-refractivity contribution is -0.144. The minimum Gasteiger partial charge on any atom is -0.463 e. The van der Waals surface area contributed by atoms with E-state index in [9.17, 15) is 4.79 Å². The van der Waals surface area contributed by atoms with Gasteiger partial charge >= 0.3 is 5.97 Å². The molecule has 0 radical (unpaired) electrons. The molecule has 0 amide bonds. The molecule has 0 unspecified atom stereocenters. The third kappa shape index (κ3) is 4.81. The second-order valence-corrected chi connectivity index (χ2v) is 3.51. The van der Waals surface area contributed by atoms with E-state index in [-0.39, 0.29) is 19.2 Å². The summed E-state index contributed by atoms with van der Waals surface area (Å²) in [5, 5.41) is 9.12. The van der Waals surface area contributed by atoms with Crippen LogP contribution in [0.5, 0.6) is 0 Å². The zero-order valence-corrected chi connectivity index (χ0v) is 9.04. The molecule has 1 rings (SSSR count). The summed E-state index contributed by atoms with van der Waals surface area (Å²) in [6, 6.07) is 7.33. The molecule has 3 nitrogen and oxygen atoms in total. The molecule has 4 heteroatoms. The van der Waals surface area contributed by atoms with Crippen molar-refractivity contribution in [2.24, 2.45) is 0 Å². The number of halogens is 1. The Bertz CT molecular complexity index is 308. The number of aryl methyl sites for hydroxylation is 1. The van der Waals surface area contributed by atoms with Crippen molar-refractivity contribution in [3.05, 3.63) is 34.9 Å². The summed E-state index contributed by atoms with van der Waals surface area (Å²) in [6.45, 7) is -0.0634. The van der Waals surface area contributed by atoms with Crippen LogP contribution in [0.3, 0.4) is 0 Å². The number of ether oxygens (including phenoxy) is 1. The molecule has 1 aromatic carbocycles. The van der Waals surface area contributed by atoms with Crippen molar-refractivity contribution in [2.45, 2.75) is 12.8 Å². The first-order valence-electron chi connectivity index (χ1n) is 4.73. The number of carbonyl (C=O) groups excluding carboxylic acids is 1. The Hall–Kier alpha value is -1.06. The van der Waals surface area contributed by atoms with E-state index >= 15 is 0 Å². The zero-order chi connectivity index (χ0) is 11.1. The Balaban J connectivity index is 2.30. The molecule has 0 fully saturated rings. The molecule has 0 heterocycles. The molecule has 0 atom stereocenters. The lowest BCUT2D eigenvalue weighted by Gasteiger charge is -2.02. The summed E-state index contributed by atoms with van der Waals surface area (Å²) >= 11 is 5.72. The van der Waals surface area contributed by atoms with Gasteiger partial charge in [0.05, 0.1) is 6.61 Å². The summed E-state index contributed by atoms with van der Waals surface area (Å²) in [5.41, 5.74) is 1.04. The quantitative estimate of drug-likeness (QED) is 0.782. The average molecular weight is 229 g/mol. The van der Waals surface area contributed by atoms with E-state index in [1.54, 1.807) is 12.1 Å². The number of rotatable bonds is 5. The lowest BCUT2D eigenvalue weighted by atomic mass is 10.1. The van der Waals surface area contributed by atoms with E-state index in [0.29, 0.717) is 17.9 Å². The molecule has 15 heavy (non-hydrogen) atoms. The molecule has 1 N–H and O–H groups in total. The molecule has 1 aromatic rings. The van der Waals surface area contributed by atoms with Gasteiger partial charge in [0.1, 0.15) is 6.61 Å². The fourth-order valence-electron chi connectivity index (χ4n) is 1.13. The van der Waals surface area contributed by atoms with Crippen molar-refractivity contribution in [3.8, 4) is 0 Å². The number of aliphatic hydroxyl groups excluding tert-OH is 1.